The fourth-order valence-electron chi connectivity index (χ4n) is 4.38. The Labute approximate surface area is 185 Å². The van der Waals surface area contributed by atoms with Gasteiger partial charge in [0.05, 0.1) is 17.8 Å². The van der Waals surface area contributed by atoms with Crippen LogP contribution in [0.1, 0.15) is 56.8 Å². The number of nitrogens with one attached hydrogen (secondary N) is 1. The van der Waals surface area contributed by atoms with Crippen molar-refractivity contribution in [3.63, 3.8) is 0 Å². The summed E-state index contributed by atoms with van der Waals surface area (Å²) in [7, 11) is 0. The van der Waals surface area contributed by atoms with Crippen molar-refractivity contribution >= 4 is 5.91 Å². The van der Waals surface area contributed by atoms with E-state index in [1.165, 1.54) is 48.2 Å². The number of nitrogens with zero attached hydrogens (tertiary/aromatic N) is 3. The number of benzene rings is 2. The Morgan fingerprint density at radius 1 is 0.935 bits per heavy atom. The number of likely N-dealkylation sites (tertiary alicyclic amines) is 1. The second-order valence-electron chi connectivity index (χ2n) is 8.62. The third-order valence-corrected chi connectivity index (χ3v) is 6.21. The number of hydrogen-bond donors (Lipinski definition) is 1. The van der Waals surface area contributed by atoms with Gasteiger partial charge >= 0.3 is 0 Å². The lowest BCUT2D eigenvalue weighted by atomic mass is 10.1. The van der Waals surface area contributed by atoms with Crippen LogP contribution in [0.3, 0.4) is 0 Å². The molecule has 4 rings (SSSR count). The number of carbonyl (C=O) groups is 1. The van der Waals surface area contributed by atoms with Crippen LogP contribution in [0.4, 0.5) is 0 Å². The SMILES string of the molecule is Cc1ccc(Cn2nc(C)c(C(=O)NCc3ccccc3CN3CCCC3)c2C)cc1. The van der Waals surface area contributed by atoms with E-state index in [1.54, 1.807) is 0 Å². The van der Waals surface area contributed by atoms with Crippen LogP contribution in [0.2, 0.25) is 0 Å². The molecule has 0 saturated carbocycles. The maximum atomic E-state index is 13.1. The summed E-state index contributed by atoms with van der Waals surface area (Å²) in [6.45, 7) is 10.5. The minimum Gasteiger partial charge on any atom is -0.348 e. The smallest absolute Gasteiger partial charge is 0.255 e. The van der Waals surface area contributed by atoms with Gasteiger partial charge in [-0.15, -0.1) is 0 Å². The standard InChI is InChI=1S/C26H32N4O/c1-19-10-12-22(13-11-19)17-30-21(3)25(20(2)28-30)26(31)27-16-23-8-4-5-9-24(23)18-29-14-6-7-15-29/h4-5,8-13H,6-7,14-18H2,1-3H3,(H,27,31). The first-order valence-electron chi connectivity index (χ1n) is 11.2. The van der Waals surface area contributed by atoms with Gasteiger partial charge in [0, 0.05) is 18.8 Å². The van der Waals surface area contributed by atoms with Gasteiger partial charge in [-0.05, 0) is 63.4 Å². The molecule has 0 unspecified atom stereocenters. The third-order valence-electron chi connectivity index (χ3n) is 6.21. The Morgan fingerprint density at radius 3 is 2.32 bits per heavy atom. The van der Waals surface area contributed by atoms with Crippen molar-refractivity contribution in [2.45, 2.75) is 53.2 Å². The molecule has 1 aromatic heterocycles. The summed E-state index contributed by atoms with van der Waals surface area (Å²) >= 11 is 0. The highest BCUT2D eigenvalue weighted by Gasteiger charge is 2.19. The topological polar surface area (TPSA) is 50.2 Å². The number of amides is 1. The summed E-state index contributed by atoms with van der Waals surface area (Å²) in [5, 5.41) is 7.78. The van der Waals surface area contributed by atoms with Crippen molar-refractivity contribution in [3.05, 3.63) is 87.7 Å². The zero-order chi connectivity index (χ0) is 21.8. The lowest BCUT2D eigenvalue weighted by molar-refractivity contribution is 0.0949. The molecule has 162 valence electrons. The van der Waals surface area contributed by atoms with Gasteiger partial charge < -0.3 is 5.32 Å². The fraction of sp³-hybridized carbons (Fsp3) is 0.385. The second-order valence-corrected chi connectivity index (χ2v) is 8.62. The zero-order valence-corrected chi connectivity index (χ0v) is 18.8. The molecule has 2 aromatic carbocycles. The highest BCUT2D eigenvalue weighted by molar-refractivity contribution is 5.96. The van der Waals surface area contributed by atoms with Crippen LogP contribution in [0.25, 0.3) is 0 Å². The fourth-order valence-corrected chi connectivity index (χ4v) is 4.38. The number of hydrogen-bond acceptors (Lipinski definition) is 3. The van der Waals surface area contributed by atoms with E-state index in [4.69, 9.17) is 0 Å². The van der Waals surface area contributed by atoms with Gasteiger partial charge in [0.25, 0.3) is 5.91 Å². The number of aryl methyl sites for hydroxylation is 2. The van der Waals surface area contributed by atoms with Crippen molar-refractivity contribution in [2.75, 3.05) is 13.1 Å². The lowest BCUT2D eigenvalue weighted by Crippen LogP contribution is -2.26. The van der Waals surface area contributed by atoms with E-state index in [0.717, 1.165) is 17.9 Å². The number of carbonyl (C=O) groups excluding carboxylic acids is 1. The largest absolute Gasteiger partial charge is 0.348 e. The maximum absolute atomic E-state index is 13.1. The van der Waals surface area contributed by atoms with Crippen LogP contribution in [-0.2, 0) is 19.6 Å². The molecule has 1 N–H and O–H groups in total. The van der Waals surface area contributed by atoms with Crippen molar-refractivity contribution in [1.29, 1.82) is 0 Å². The third kappa shape index (κ3) is 5.05. The second kappa shape index (κ2) is 9.48. The Hall–Kier alpha value is -2.92. The summed E-state index contributed by atoms with van der Waals surface area (Å²) in [5.41, 5.74) is 7.26. The van der Waals surface area contributed by atoms with Gasteiger partial charge in [0.15, 0.2) is 0 Å². The molecule has 1 amide bonds. The maximum Gasteiger partial charge on any atom is 0.255 e. The van der Waals surface area contributed by atoms with E-state index in [1.807, 2.05) is 24.6 Å². The predicted octanol–water partition coefficient (Wildman–Crippen LogP) is 4.38. The van der Waals surface area contributed by atoms with Gasteiger partial charge in [-0.2, -0.15) is 5.10 Å². The van der Waals surface area contributed by atoms with Crippen molar-refractivity contribution in [3.8, 4) is 0 Å². The van der Waals surface area contributed by atoms with Crippen LogP contribution in [-0.4, -0.2) is 33.7 Å². The quantitative estimate of drug-likeness (QED) is 0.622. The molecule has 0 spiro atoms. The monoisotopic (exact) mass is 416 g/mol. The molecule has 1 aliphatic rings. The summed E-state index contributed by atoms with van der Waals surface area (Å²) in [6, 6.07) is 16.9. The van der Waals surface area contributed by atoms with Crippen LogP contribution in [0.15, 0.2) is 48.5 Å². The normalized spacial score (nSPS) is 14.2. The number of aromatic nitrogens is 2. The minimum atomic E-state index is -0.0545. The highest BCUT2D eigenvalue weighted by atomic mass is 16.1. The Bertz CT molecular complexity index is 1050. The van der Waals surface area contributed by atoms with Gasteiger partial charge in [-0.1, -0.05) is 54.1 Å². The van der Waals surface area contributed by atoms with Crippen molar-refractivity contribution in [1.82, 2.24) is 20.0 Å². The number of rotatable bonds is 7. The van der Waals surface area contributed by atoms with E-state index in [-0.39, 0.29) is 5.91 Å². The molecule has 5 nitrogen and oxygen atoms in total. The lowest BCUT2D eigenvalue weighted by Gasteiger charge is -2.17. The summed E-state index contributed by atoms with van der Waals surface area (Å²) in [5.74, 6) is -0.0545. The Morgan fingerprint density at radius 2 is 1.61 bits per heavy atom. The summed E-state index contributed by atoms with van der Waals surface area (Å²) < 4.78 is 1.93. The molecule has 1 aliphatic heterocycles. The summed E-state index contributed by atoms with van der Waals surface area (Å²) in [6.07, 6.45) is 2.56. The zero-order valence-electron chi connectivity index (χ0n) is 18.8. The van der Waals surface area contributed by atoms with E-state index in [0.29, 0.717) is 18.7 Å². The van der Waals surface area contributed by atoms with Crippen LogP contribution < -0.4 is 5.32 Å². The average Bonchev–Trinajstić information content (AvgIpc) is 3.36. The van der Waals surface area contributed by atoms with E-state index >= 15 is 0 Å². The van der Waals surface area contributed by atoms with E-state index < -0.39 is 0 Å². The van der Waals surface area contributed by atoms with Gasteiger partial charge in [0.2, 0.25) is 0 Å². The molecule has 0 bridgehead atoms. The van der Waals surface area contributed by atoms with E-state index in [2.05, 4.69) is 64.7 Å². The minimum absolute atomic E-state index is 0.0545. The molecule has 2 heterocycles. The molecule has 0 aliphatic carbocycles. The van der Waals surface area contributed by atoms with Crippen LogP contribution >= 0.6 is 0 Å². The molecule has 1 fully saturated rings. The van der Waals surface area contributed by atoms with Crippen molar-refractivity contribution < 1.29 is 4.79 Å². The molecule has 31 heavy (non-hydrogen) atoms. The first-order valence-corrected chi connectivity index (χ1v) is 11.2. The molecule has 1 saturated heterocycles. The molecule has 0 atom stereocenters. The molecule has 0 radical (unpaired) electrons. The predicted molar refractivity (Wildman–Crippen MR) is 124 cm³/mol. The van der Waals surface area contributed by atoms with Crippen LogP contribution in [0.5, 0.6) is 0 Å². The summed E-state index contributed by atoms with van der Waals surface area (Å²) in [4.78, 5) is 15.5. The Balaban J connectivity index is 1.44. The average molecular weight is 417 g/mol. The molecular formula is C26H32N4O. The van der Waals surface area contributed by atoms with Gasteiger partial charge in [0.1, 0.15) is 0 Å². The highest BCUT2D eigenvalue weighted by Crippen LogP contribution is 2.18. The molecule has 5 heteroatoms. The first kappa shape index (κ1) is 21.3. The van der Waals surface area contributed by atoms with Crippen LogP contribution in [0, 0.1) is 20.8 Å². The van der Waals surface area contributed by atoms with Gasteiger partial charge in [-0.25, -0.2) is 0 Å². The molecule has 3 aromatic rings. The van der Waals surface area contributed by atoms with Gasteiger partial charge in [-0.3, -0.25) is 14.4 Å². The Kier molecular flexibility index (Phi) is 6.52. The molecular weight excluding hydrogens is 384 g/mol. The van der Waals surface area contributed by atoms with Crippen molar-refractivity contribution in [2.24, 2.45) is 0 Å². The van der Waals surface area contributed by atoms with E-state index in [9.17, 15) is 4.79 Å². The first-order chi connectivity index (χ1) is 15.0.